The molecule has 1 heterocycles. The summed E-state index contributed by atoms with van der Waals surface area (Å²) in [6.45, 7) is 9.14. The van der Waals surface area contributed by atoms with Gasteiger partial charge in [-0.2, -0.15) is 0 Å². The summed E-state index contributed by atoms with van der Waals surface area (Å²) in [4.78, 5) is 26.3. The van der Waals surface area contributed by atoms with Crippen molar-refractivity contribution in [1.29, 1.82) is 0 Å². The molecule has 0 aliphatic carbocycles. The maximum atomic E-state index is 12.4. The molecule has 0 aromatic rings. The van der Waals surface area contributed by atoms with Crippen molar-refractivity contribution in [1.82, 2.24) is 10.2 Å². The summed E-state index contributed by atoms with van der Waals surface area (Å²) < 4.78 is 0. The summed E-state index contributed by atoms with van der Waals surface area (Å²) in [5.74, 6) is 0.891. The minimum atomic E-state index is -0.318. The van der Waals surface area contributed by atoms with Crippen LogP contribution in [0.3, 0.4) is 0 Å². The van der Waals surface area contributed by atoms with Crippen molar-refractivity contribution in [3.05, 3.63) is 0 Å². The van der Waals surface area contributed by atoms with E-state index in [2.05, 4.69) is 19.2 Å². The summed E-state index contributed by atoms with van der Waals surface area (Å²) in [5.41, 5.74) is 0. The van der Waals surface area contributed by atoms with Gasteiger partial charge in [0.25, 0.3) is 0 Å². The number of hydrogen-bond donors (Lipinski definition) is 1. The van der Waals surface area contributed by atoms with Crippen LogP contribution < -0.4 is 5.32 Å². The van der Waals surface area contributed by atoms with Gasteiger partial charge in [-0.05, 0) is 25.2 Å². The van der Waals surface area contributed by atoms with Gasteiger partial charge in [0.2, 0.25) is 11.8 Å². The van der Waals surface area contributed by atoms with Crippen LogP contribution in [-0.2, 0) is 9.59 Å². The van der Waals surface area contributed by atoms with E-state index >= 15 is 0 Å². The van der Waals surface area contributed by atoms with Crippen LogP contribution in [0.1, 0.15) is 72.6 Å². The molecule has 0 bridgehead atoms. The van der Waals surface area contributed by atoms with Gasteiger partial charge in [0.15, 0.2) is 0 Å². The Bertz CT molecular complexity index is 342. The third-order valence-electron chi connectivity index (χ3n) is 4.30. The lowest BCUT2D eigenvalue weighted by molar-refractivity contribution is -0.149. The zero-order valence-corrected chi connectivity index (χ0v) is 14.2. The number of piperazine rings is 1. The molecule has 0 aromatic carbocycles. The smallest absolute Gasteiger partial charge is 0.245 e. The largest absolute Gasteiger partial charge is 0.343 e. The predicted molar refractivity (Wildman–Crippen MR) is 85.9 cm³/mol. The molecule has 1 N–H and O–H groups in total. The molecular formula is C17H32N2O2. The number of carbonyl (C=O) groups is 2. The monoisotopic (exact) mass is 296 g/mol. The zero-order chi connectivity index (χ0) is 15.8. The van der Waals surface area contributed by atoms with Gasteiger partial charge in [0, 0.05) is 6.54 Å². The van der Waals surface area contributed by atoms with E-state index in [1.165, 1.54) is 19.3 Å². The summed E-state index contributed by atoms with van der Waals surface area (Å²) in [5, 5.41) is 2.84. The van der Waals surface area contributed by atoms with E-state index in [1.54, 1.807) is 0 Å². The molecule has 1 aliphatic heterocycles. The molecule has 2 atom stereocenters. The van der Waals surface area contributed by atoms with Gasteiger partial charge in [-0.1, -0.05) is 53.4 Å². The first-order valence-corrected chi connectivity index (χ1v) is 8.62. The number of rotatable bonds is 9. The standard InChI is InChI=1S/C17H32N2O2/c1-5-14-17(21)19(15(6-2)16(20)18-14)12-10-8-7-9-11-13(3)4/h13-15H,5-12H2,1-4H3,(H,18,20). The minimum Gasteiger partial charge on any atom is -0.343 e. The molecule has 1 saturated heterocycles. The third kappa shape index (κ3) is 5.33. The second-order valence-corrected chi connectivity index (χ2v) is 6.52. The highest BCUT2D eigenvalue weighted by molar-refractivity contribution is 5.96. The second kappa shape index (κ2) is 9.06. The van der Waals surface area contributed by atoms with Gasteiger partial charge in [-0.25, -0.2) is 0 Å². The SMILES string of the molecule is CCC1NC(=O)C(CC)N(CCCCCCC(C)C)C1=O. The minimum absolute atomic E-state index is 0.0174. The molecule has 1 aliphatic rings. The predicted octanol–water partition coefficient (Wildman–Crippen LogP) is 3.11. The van der Waals surface area contributed by atoms with Crippen molar-refractivity contribution in [2.75, 3.05) is 6.54 Å². The summed E-state index contributed by atoms with van der Waals surface area (Å²) in [7, 11) is 0. The highest BCUT2D eigenvalue weighted by atomic mass is 16.2. The van der Waals surface area contributed by atoms with Gasteiger partial charge >= 0.3 is 0 Å². The van der Waals surface area contributed by atoms with Crippen LogP contribution >= 0.6 is 0 Å². The van der Waals surface area contributed by atoms with E-state index < -0.39 is 0 Å². The average molecular weight is 296 g/mol. The third-order valence-corrected chi connectivity index (χ3v) is 4.30. The van der Waals surface area contributed by atoms with E-state index in [9.17, 15) is 9.59 Å². The molecule has 4 nitrogen and oxygen atoms in total. The molecule has 4 heteroatoms. The Hall–Kier alpha value is -1.06. The highest BCUT2D eigenvalue weighted by Gasteiger charge is 2.38. The second-order valence-electron chi connectivity index (χ2n) is 6.52. The first-order chi connectivity index (χ1) is 10.0. The quantitative estimate of drug-likeness (QED) is 0.665. The van der Waals surface area contributed by atoms with Crippen LogP contribution in [0.2, 0.25) is 0 Å². The summed E-state index contributed by atoms with van der Waals surface area (Å²) in [6.07, 6.45) is 7.28. The molecule has 21 heavy (non-hydrogen) atoms. The Morgan fingerprint density at radius 2 is 1.71 bits per heavy atom. The zero-order valence-electron chi connectivity index (χ0n) is 14.2. The molecular weight excluding hydrogens is 264 g/mol. The van der Waals surface area contributed by atoms with Crippen molar-refractivity contribution in [3.63, 3.8) is 0 Å². The van der Waals surface area contributed by atoms with Gasteiger partial charge < -0.3 is 10.2 Å². The van der Waals surface area contributed by atoms with E-state index in [1.807, 2.05) is 18.7 Å². The summed E-state index contributed by atoms with van der Waals surface area (Å²) in [6, 6.07) is -0.586. The van der Waals surface area contributed by atoms with Crippen molar-refractivity contribution in [2.24, 2.45) is 5.92 Å². The van der Waals surface area contributed by atoms with Gasteiger partial charge in [-0.3, -0.25) is 9.59 Å². The highest BCUT2D eigenvalue weighted by Crippen LogP contribution is 2.17. The normalized spacial score (nSPS) is 22.8. The Morgan fingerprint density at radius 1 is 1.05 bits per heavy atom. The van der Waals surface area contributed by atoms with Crippen LogP contribution in [0, 0.1) is 5.92 Å². The number of carbonyl (C=O) groups excluding carboxylic acids is 2. The topological polar surface area (TPSA) is 49.4 Å². The lowest BCUT2D eigenvalue weighted by atomic mass is 10.0. The summed E-state index contributed by atoms with van der Waals surface area (Å²) >= 11 is 0. The lowest BCUT2D eigenvalue weighted by Gasteiger charge is -2.38. The van der Waals surface area contributed by atoms with Crippen LogP contribution in [0.25, 0.3) is 0 Å². The van der Waals surface area contributed by atoms with E-state index in [0.29, 0.717) is 12.8 Å². The molecule has 0 saturated carbocycles. The molecule has 0 radical (unpaired) electrons. The van der Waals surface area contributed by atoms with Crippen LogP contribution in [-0.4, -0.2) is 35.3 Å². The Balaban J connectivity index is 2.41. The van der Waals surface area contributed by atoms with Gasteiger partial charge in [0.1, 0.15) is 12.1 Å². The molecule has 0 spiro atoms. The first-order valence-electron chi connectivity index (χ1n) is 8.62. The molecule has 0 aromatic heterocycles. The number of amides is 2. The van der Waals surface area contributed by atoms with Crippen LogP contribution in [0.5, 0.6) is 0 Å². The van der Waals surface area contributed by atoms with Crippen LogP contribution in [0.15, 0.2) is 0 Å². The van der Waals surface area contributed by atoms with Gasteiger partial charge in [-0.15, -0.1) is 0 Å². The fourth-order valence-corrected chi connectivity index (χ4v) is 2.96. The van der Waals surface area contributed by atoms with Crippen molar-refractivity contribution in [2.45, 2.75) is 84.7 Å². The van der Waals surface area contributed by atoms with E-state index in [-0.39, 0.29) is 23.9 Å². The molecule has 1 rings (SSSR count). The maximum absolute atomic E-state index is 12.4. The molecule has 2 unspecified atom stereocenters. The van der Waals surface area contributed by atoms with Crippen molar-refractivity contribution >= 4 is 11.8 Å². The maximum Gasteiger partial charge on any atom is 0.245 e. The fraction of sp³-hybridized carbons (Fsp3) is 0.882. The van der Waals surface area contributed by atoms with Crippen molar-refractivity contribution < 1.29 is 9.59 Å². The van der Waals surface area contributed by atoms with Gasteiger partial charge in [0.05, 0.1) is 0 Å². The average Bonchev–Trinajstić information content (AvgIpc) is 2.45. The Labute approximate surface area is 129 Å². The lowest BCUT2D eigenvalue weighted by Crippen LogP contribution is -2.63. The van der Waals surface area contributed by atoms with E-state index in [0.717, 1.165) is 25.3 Å². The number of nitrogens with one attached hydrogen (secondary N) is 1. The Morgan fingerprint density at radius 3 is 2.29 bits per heavy atom. The van der Waals surface area contributed by atoms with Crippen molar-refractivity contribution in [3.8, 4) is 0 Å². The fourth-order valence-electron chi connectivity index (χ4n) is 2.96. The molecule has 122 valence electrons. The molecule has 2 amide bonds. The Kier molecular flexibility index (Phi) is 7.76. The first kappa shape index (κ1) is 18.0. The number of unbranched alkanes of at least 4 members (excludes halogenated alkanes) is 3. The number of hydrogen-bond acceptors (Lipinski definition) is 2. The number of nitrogens with zero attached hydrogens (tertiary/aromatic N) is 1. The van der Waals surface area contributed by atoms with Crippen LogP contribution in [0.4, 0.5) is 0 Å². The molecule has 1 fully saturated rings. The van der Waals surface area contributed by atoms with E-state index in [4.69, 9.17) is 0 Å².